The largest absolute Gasteiger partial charge is 0.476 e. The zero-order chi connectivity index (χ0) is 22.1. The molecule has 0 fully saturated rings. The van der Waals surface area contributed by atoms with Crippen LogP contribution in [0.5, 0.6) is 5.88 Å². The second-order valence-electron chi connectivity index (χ2n) is 7.97. The Morgan fingerprint density at radius 1 is 1.03 bits per heavy atom. The highest BCUT2D eigenvalue weighted by molar-refractivity contribution is 7.19. The van der Waals surface area contributed by atoms with E-state index in [0.717, 1.165) is 28.7 Å². The van der Waals surface area contributed by atoms with Gasteiger partial charge in [-0.25, -0.2) is 4.98 Å². The Hall–Kier alpha value is -3.49. The SMILES string of the molecule is Cc1cc2ccc(-c3nc(Nc4ccc5[nH]ncc5c4)cc(OCCN(C)C)n3)cc2s1. The fourth-order valence-electron chi connectivity index (χ4n) is 3.50. The minimum Gasteiger partial charge on any atom is -0.476 e. The van der Waals surface area contributed by atoms with Crippen molar-refractivity contribution in [2.24, 2.45) is 0 Å². The first kappa shape index (κ1) is 20.4. The summed E-state index contributed by atoms with van der Waals surface area (Å²) >= 11 is 1.77. The number of aryl methyl sites for hydroxylation is 1. The van der Waals surface area contributed by atoms with Crippen molar-refractivity contribution in [2.75, 3.05) is 32.6 Å². The van der Waals surface area contributed by atoms with E-state index in [1.807, 2.05) is 38.4 Å². The Kier molecular flexibility index (Phi) is 5.46. The molecule has 5 aromatic rings. The first-order valence-electron chi connectivity index (χ1n) is 10.4. The summed E-state index contributed by atoms with van der Waals surface area (Å²) in [6, 6.07) is 16.4. The van der Waals surface area contributed by atoms with Crippen LogP contribution in [0.25, 0.3) is 32.4 Å². The fraction of sp³-hybridized carbons (Fsp3) is 0.208. The van der Waals surface area contributed by atoms with E-state index in [0.29, 0.717) is 24.1 Å². The molecule has 0 saturated heterocycles. The van der Waals surface area contributed by atoms with E-state index in [2.05, 4.69) is 51.6 Å². The number of benzene rings is 2. The van der Waals surface area contributed by atoms with Gasteiger partial charge in [-0.1, -0.05) is 12.1 Å². The van der Waals surface area contributed by atoms with Gasteiger partial charge in [0.1, 0.15) is 12.4 Å². The summed E-state index contributed by atoms with van der Waals surface area (Å²) in [5.74, 6) is 1.86. The van der Waals surface area contributed by atoms with Crippen molar-refractivity contribution in [3.05, 3.63) is 59.6 Å². The first-order chi connectivity index (χ1) is 15.5. The van der Waals surface area contributed by atoms with Gasteiger partial charge in [-0.3, -0.25) is 5.10 Å². The predicted molar refractivity (Wildman–Crippen MR) is 131 cm³/mol. The van der Waals surface area contributed by atoms with Crippen molar-refractivity contribution in [3.8, 4) is 17.3 Å². The van der Waals surface area contributed by atoms with E-state index in [4.69, 9.17) is 14.7 Å². The zero-order valence-electron chi connectivity index (χ0n) is 18.2. The highest BCUT2D eigenvalue weighted by Crippen LogP contribution is 2.31. The van der Waals surface area contributed by atoms with Crippen LogP contribution in [0, 0.1) is 6.92 Å². The van der Waals surface area contributed by atoms with Crippen molar-refractivity contribution in [2.45, 2.75) is 6.92 Å². The lowest BCUT2D eigenvalue weighted by atomic mass is 10.1. The lowest BCUT2D eigenvalue weighted by molar-refractivity contribution is 0.254. The van der Waals surface area contributed by atoms with Crippen molar-refractivity contribution >= 4 is 43.8 Å². The smallest absolute Gasteiger partial charge is 0.219 e. The number of ether oxygens (including phenoxy) is 1. The molecule has 2 aromatic carbocycles. The van der Waals surface area contributed by atoms with Gasteiger partial charge in [0, 0.05) is 38.8 Å². The molecule has 0 spiro atoms. The van der Waals surface area contributed by atoms with Gasteiger partial charge in [-0.15, -0.1) is 11.3 Å². The number of nitrogens with zero attached hydrogens (tertiary/aromatic N) is 4. The molecule has 0 unspecified atom stereocenters. The van der Waals surface area contributed by atoms with Gasteiger partial charge in [0.2, 0.25) is 5.88 Å². The number of H-pyrrole nitrogens is 1. The molecule has 0 saturated carbocycles. The number of likely N-dealkylation sites (N-methyl/N-ethyl adjacent to an activating group) is 1. The Morgan fingerprint density at radius 2 is 1.94 bits per heavy atom. The second-order valence-corrected chi connectivity index (χ2v) is 9.26. The van der Waals surface area contributed by atoms with Crippen molar-refractivity contribution in [1.82, 2.24) is 25.1 Å². The topological polar surface area (TPSA) is 79.0 Å². The van der Waals surface area contributed by atoms with Gasteiger partial charge in [0.15, 0.2) is 5.82 Å². The molecule has 8 heteroatoms. The predicted octanol–water partition coefficient (Wildman–Crippen LogP) is 5.23. The summed E-state index contributed by atoms with van der Waals surface area (Å²) in [6.07, 6.45) is 1.81. The molecule has 0 radical (unpaired) electrons. The van der Waals surface area contributed by atoms with E-state index < -0.39 is 0 Å². The van der Waals surface area contributed by atoms with Gasteiger partial charge in [0.25, 0.3) is 0 Å². The zero-order valence-corrected chi connectivity index (χ0v) is 19.0. The molecule has 2 N–H and O–H groups in total. The van der Waals surface area contributed by atoms with Crippen molar-refractivity contribution < 1.29 is 4.74 Å². The van der Waals surface area contributed by atoms with Gasteiger partial charge in [0.05, 0.1) is 11.7 Å². The van der Waals surface area contributed by atoms with E-state index in [-0.39, 0.29) is 0 Å². The number of anilines is 2. The molecule has 0 aliphatic rings. The molecule has 32 heavy (non-hydrogen) atoms. The summed E-state index contributed by atoms with van der Waals surface area (Å²) in [5.41, 5.74) is 2.88. The monoisotopic (exact) mass is 444 g/mol. The van der Waals surface area contributed by atoms with Crippen LogP contribution >= 0.6 is 11.3 Å². The van der Waals surface area contributed by atoms with E-state index in [1.54, 1.807) is 17.5 Å². The molecular formula is C24H24N6OS. The summed E-state index contributed by atoms with van der Waals surface area (Å²) in [7, 11) is 4.04. The summed E-state index contributed by atoms with van der Waals surface area (Å²) in [5, 5.41) is 12.7. The van der Waals surface area contributed by atoms with Crippen LogP contribution in [-0.2, 0) is 0 Å². The molecule has 162 valence electrons. The van der Waals surface area contributed by atoms with E-state index in [1.165, 1.54) is 15.0 Å². The quantitative estimate of drug-likeness (QED) is 0.358. The van der Waals surface area contributed by atoms with Gasteiger partial charge < -0.3 is 15.0 Å². The number of hydrogen-bond donors (Lipinski definition) is 2. The second kappa shape index (κ2) is 8.57. The maximum absolute atomic E-state index is 5.96. The third-order valence-electron chi connectivity index (χ3n) is 5.11. The van der Waals surface area contributed by atoms with E-state index in [9.17, 15) is 0 Å². The third kappa shape index (κ3) is 4.42. The normalized spacial score (nSPS) is 11.5. The van der Waals surface area contributed by atoms with Crippen LogP contribution in [0.15, 0.2) is 54.7 Å². The molecule has 3 aromatic heterocycles. The Labute approximate surface area is 190 Å². The van der Waals surface area contributed by atoms with Gasteiger partial charge in [-0.2, -0.15) is 10.1 Å². The first-order valence-corrected chi connectivity index (χ1v) is 11.2. The summed E-state index contributed by atoms with van der Waals surface area (Å²) < 4.78 is 7.19. The Bertz CT molecular complexity index is 1390. The Balaban J connectivity index is 1.50. The Morgan fingerprint density at radius 3 is 2.81 bits per heavy atom. The maximum Gasteiger partial charge on any atom is 0.219 e. The van der Waals surface area contributed by atoms with Crippen LogP contribution in [0.4, 0.5) is 11.5 Å². The van der Waals surface area contributed by atoms with Crippen molar-refractivity contribution in [3.63, 3.8) is 0 Å². The van der Waals surface area contributed by atoms with Gasteiger partial charge >= 0.3 is 0 Å². The number of aromatic amines is 1. The van der Waals surface area contributed by atoms with E-state index >= 15 is 0 Å². The van der Waals surface area contributed by atoms with Crippen molar-refractivity contribution in [1.29, 1.82) is 0 Å². The average Bonchev–Trinajstić information content (AvgIpc) is 3.37. The van der Waals surface area contributed by atoms with Crippen LogP contribution in [-0.4, -0.2) is 52.3 Å². The highest BCUT2D eigenvalue weighted by atomic mass is 32.1. The minimum absolute atomic E-state index is 0.547. The van der Waals surface area contributed by atoms with Crippen LogP contribution in [0.2, 0.25) is 0 Å². The number of thiophene rings is 1. The number of nitrogens with one attached hydrogen (secondary N) is 2. The molecule has 3 heterocycles. The molecule has 0 atom stereocenters. The number of aromatic nitrogens is 4. The standard InChI is InChI=1S/C24H24N6OS/c1-15-10-16-4-5-17(12-21(16)32-15)24-27-22(13-23(28-24)31-9-8-30(2)3)26-19-6-7-20-18(11-19)14-25-29-20/h4-7,10-14H,8-9H2,1-3H3,(H,25,29)(H,26,27,28). The van der Waals surface area contributed by atoms with Gasteiger partial charge in [-0.05, 0) is 56.7 Å². The average molecular weight is 445 g/mol. The number of rotatable bonds is 7. The summed E-state index contributed by atoms with van der Waals surface area (Å²) in [6.45, 7) is 3.48. The molecule has 0 amide bonds. The molecule has 7 nitrogen and oxygen atoms in total. The molecular weight excluding hydrogens is 420 g/mol. The van der Waals surface area contributed by atoms with Crippen LogP contribution < -0.4 is 10.1 Å². The molecule has 0 bridgehead atoms. The van der Waals surface area contributed by atoms with Crippen LogP contribution in [0.3, 0.4) is 0 Å². The lowest BCUT2D eigenvalue weighted by Crippen LogP contribution is -2.19. The lowest BCUT2D eigenvalue weighted by Gasteiger charge is -2.13. The third-order valence-corrected chi connectivity index (χ3v) is 6.12. The summed E-state index contributed by atoms with van der Waals surface area (Å²) in [4.78, 5) is 12.9. The molecule has 5 rings (SSSR count). The maximum atomic E-state index is 5.96. The molecule has 0 aliphatic carbocycles. The fourth-order valence-corrected chi connectivity index (χ4v) is 4.46. The number of fused-ring (bicyclic) bond motifs is 2. The van der Waals surface area contributed by atoms with Crippen LogP contribution in [0.1, 0.15) is 4.88 Å². The highest BCUT2D eigenvalue weighted by Gasteiger charge is 2.11. The number of hydrogen-bond acceptors (Lipinski definition) is 7. The molecule has 0 aliphatic heterocycles. The minimum atomic E-state index is 0.547.